The van der Waals surface area contributed by atoms with E-state index in [2.05, 4.69) is 100 Å². The maximum absolute atomic E-state index is 13.2. The van der Waals surface area contributed by atoms with Gasteiger partial charge in [0.25, 0.3) is 0 Å². The van der Waals surface area contributed by atoms with Crippen LogP contribution in [0, 0.1) is 11.7 Å². The van der Waals surface area contributed by atoms with Crippen LogP contribution in [0.2, 0.25) is 20.1 Å². The maximum atomic E-state index is 13.2. The van der Waals surface area contributed by atoms with Gasteiger partial charge in [0.05, 0.1) is 44.4 Å². The molecule has 3 aliphatic heterocycles. The molecule has 648 valence electrons. The molecule has 17 rings (SSSR count). The molecule has 6 aliphatic rings. The summed E-state index contributed by atoms with van der Waals surface area (Å²) in [7, 11) is 3.88. The van der Waals surface area contributed by atoms with Crippen LogP contribution in [-0.4, -0.2) is 86.1 Å². The molecule has 9 atom stereocenters. The molecule has 0 radical (unpaired) electrons. The average Bonchev–Trinajstić information content (AvgIpc) is 0.808. The first-order valence-corrected chi connectivity index (χ1v) is 43.0. The first kappa shape index (κ1) is 92.5. The SMILES string of the molecule is C1=Cc2cccc(OCC3CNCCO3)c2C1.CNC1CCC(c2ccc(Cl)c(Cl)c2)c2ccccc21.CNCCC(Oc1ccc(C(F)(F)F)cc1)c1ccccc1.Fc1ccc(C2CCNCC2COc2ccc3c(c2)OCO3)cc1.NC1CCC(c2ccc(Cl)c(Cl)c2)c2ccccc21.NCCC(Oc1ccc(C(F)(F)F)cc1)c1ccccc1. The lowest BCUT2D eigenvalue weighted by atomic mass is 9.77. The number of alkyl halides is 6. The van der Waals surface area contributed by atoms with Crippen molar-refractivity contribution in [2.45, 2.75) is 112 Å². The summed E-state index contributed by atoms with van der Waals surface area (Å²) >= 11 is 24.3. The number of ether oxygens (including phenoxy) is 7. The third-order valence-corrected chi connectivity index (χ3v) is 23.8. The molecular weight excluding hydrogens is 1660 g/mol. The van der Waals surface area contributed by atoms with E-state index in [1.165, 1.54) is 86.5 Å². The summed E-state index contributed by atoms with van der Waals surface area (Å²) in [6.07, 6.45) is 3.00. The predicted octanol–water partition coefficient (Wildman–Crippen LogP) is 23.7. The molecular formula is C99H103Cl4F7N6O7. The lowest BCUT2D eigenvalue weighted by Crippen LogP contribution is -2.41. The quantitative estimate of drug-likeness (QED) is 0.0377. The van der Waals surface area contributed by atoms with Crippen molar-refractivity contribution in [3.8, 4) is 34.5 Å². The largest absolute Gasteiger partial charge is 0.493 e. The van der Waals surface area contributed by atoms with Crippen molar-refractivity contribution in [3.05, 3.63) is 359 Å². The summed E-state index contributed by atoms with van der Waals surface area (Å²) in [6, 6.07) is 76.9. The second-order valence-electron chi connectivity index (χ2n) is 30.5. The van der Waals surface area contributed by atoms with E-state index in [-0.39, 0.29) is 37.0 Å². The molecule has 0 spiro atoms. The fraction of sp³-hybridized carbons (Fsp3) is 0.313. The predicted molar refractivity (Wildman–Crippen MR) is 477 cm³/mol. The molecule has 0 saturated carbocycles. The highest BCUT2D eigenvalue weighted by Crippen LogP contribution is 2.45. The van der Waals surface area contributed by atoms with Crippen molar-refractivity contribution < 1.29 is 63.9 Å². The van der Waals surface area contributed by atoms with E-state index >= 15 is 0 Å². The highest BCUT2D eigenvalue weighted by Gasteiger charge is 2.34. The number of morpholine rings is 1. The van der Waals surface area contributed by atoms with Crippen molar-refractivity contribution in [3.63, 3.8) is 0 Å². The number of hydrogen-bond donors (Lipinski definition) is 6. The van der Waals surface area contributed by atoms with Crippen LogP contribution < -0.4 is 61.2 Å². The molecule has 9 unspecified atom stereocenters. The molecule has 2 fully saturated rings. The molecule has 0 aromatic heterocycles. The number of nitrogens with one attached hydrogen (secondary N) is 4. The van der Waals surface area contributed by atoms with Crippen LogP contribution in [-0.2, 0) is 23.5 Å². The Labute approximate surface area is 735 Å². The number of halogens is 11. The highest BCUT2D eigenvalue weighted by molar-refractivity contribution is 6.42. The Bertz CT molecular complexity index is 5140. The topological polar surface area (TPSA) is 165 Å². The number of nitrogens with two attached hydrogens (primary N) is 2. The fourth-order valence-electron chi connectivity index (χ4n) is 15.9. The summed E-state index contributed by atoms with van der Waals surface area (Å²) in [5, 5.41) is 15.7. The van der Waals surface area contributed by atoms with Gasteiger partial charge in [-0.3, -0.25) is 0 Å². The van der Waals surface area contributed by atoms with Crippen molar-refractivity contribution in [2.75, 3.05) is 80.0 Å². The minimum Gasteiger partial charge on any atom is -0.493 e. The van der Waals surface area contributed by atoms with Crippen LogP contribution in [0.15, 0.2) is 261 Å². The normalized spacial score (nSPS) is 18.9. The van der Waals surface area contributed by atoms with Crippen LogP contribution in [0.3, 0.4) is 0 Å². The van der Waals surface area contributed by atoms with Gasteiger partial charge in [-0.1, -0.05) is 204 Å². The third kappa shape index (κ3) is 26.5. The van der Waals surface area contributed by atoms with Gasteiger partial charge in [0, 0.05) is 73.9 Å². The van der Waals surface area contributed by atoms with Gasteiger partial charge in [-0.25, -0.2) is 4.39 Å². The Morgan fingerprint density at radius 1 is 0.504 bits per heavy atom. The molecule has 123 heavy (non-hydrogen) atoms. The van der Waals surface area contributed by atoms with Gasteiger partial charge >= 0.3 is 12.4 Å². The molecule has 11 aromatic carbocycles. The van der Waals surface area contributed by atoms with E-state index in [0.29, 0.717) is 87.5 Å². The Balaban J connectivity index is 0.000000135. The summed E-state index contributed by atoms with van der Waals surface area (Å²) in [6.45, 7) is 7.16. The molecule has 24 heteroatoms. The number of allylic oxidation sites excluding steroid dienone is 1. The summed E-state index contributed by atoms with van der Waals surface area (Å²) < 4.78 is 128. The van der Waals surface area contributed by atoms with Gasteiger partial charge in [-0.05, 0) is 237 Å². The van der Waals surface area contributed by atoms with Gasteiger partial charge in [0.1, 0.15) is 53.7 Å². The number of fused-ring (bicyclic) bond motifs is 4. The van der Waals surface area contributed by atoms with Crippen LogP contribution in [0.5, 0.6) is 34.5 Å². The Hall–Kier alpha value is -9.65. The monoisotopic (exact) mass is 1760 g/mol. The lowest BCUT2D eigenvalue weighted by Gasteiger charge is -2.32. The smallest absolute Gasteiger partial charge is 0.416 e. The van der Waals surface area contributed by atoms with Crippen LogP contribution in [0.25, 0.3) is 6.08 Å². The minimum atomic E-state index is -4.34. The van der Waals surface area contributed by atoms with Crippen molar-refractivity contribution >= 4 is 52.5 Å². The molecule has 8 N–H and O–H groups in total. The highest BCUT2D eigenvalue weighted by atomic mass is 35.5. The molecule has 2 saturated heterocycles. The Morgan fingerprint density at radius 3 is 1.62 bits per heavy atom. The number of rotatable bonds is 21. The molecule has 11 aromatic rings. The Kier molecular flexibility index (Phi) is 34.5. The maximum Gasteiger partial charge on any atom is 0.416 e. The zero-order valence-electron chi connectivity index (χ0n) is 68.5. The van der Waals surface area contributed by atoms with Gasteiger partial charge < -0.3 is 65.9 Å². The number of benzene rings is 11. The van der Waals surface area contributed by atoms with Gasteiger partial charge in [-0.15, -0.1) is 0 Å². The molecule has 13 nitrogen and oxygen atoms in total. The van der Waals surface area contributed by atoms with E-state index in [1.807, 2.05) is 141 Å². The summed E-state index contributed by atoms with van der Waals surface area (Å²) in [5.74, 6) is 5.38. The van der Waals surface area contributed by atoms with Crippen LogP contribution in [0.1, 0.15) is 159 Å². The van der Waals surface area contributed by atoms with Gasteiger partial charge in [0.2, 0.25) is 6.79 Å². The minimum absolute atomic E-state index is 0.148. The van der Waals surface area contributed by atoms with E-state index in [9.17, 15) is 30.7 Å². The van der Waals surface area contributed by atoms with Crippen molar-refractivity contribution in [1.29, 1.82) is 0 Å². The standard InChI is InChI=1S/C19H20FNO3.C17H17Cl2N.C17H18F3NO.C16H15Cl2N.C16H16F3NO.C14H17NO2/c20-15-3-1-13(2-4-15)17-7-8-21-10-14(17)11-22-16-5-6-18-19(9-16)24-12-23-18;1-20-17-9-7-12(13-4-2-3-5-14(13)17)11-6-8-15(18)16(19)10-11;1-21-12-11-16(13-5-3-2-4-6-13)22-15-9-7-14(8-10-15)17(18,19)20;17-14-7-5-10(9-15(14)18)11-6-8-16(19)13-4-2-1-3-12(11)13;17-16(18,19)13-6-8-14(9-7-13)21-15(10-11-20)12-4-2-1-3-5-12;1-3-11-4-2-6-14(13(11)5-1)17-10-12-9-15-7-8-16-12/h1-6,9,14,17,21H,7-8,10-12H2;2-6,8,10,12,17,20H,7,9H2,1H3;2-10,16,21H,11-12H2,1H3;1-5,7,9,11,16H,6,8,19H2;1-9,15H,10-11,20H2;1-4,6,12,15H,5,7-10H2. The zero-order chi connectivity index (χ0) is 86.7. The summed E-state index contributed by atoms with van der Waals surface area (Å²) in [4.78, 5) is 0. The first-order valence-electron chi connectivity index (χ1n) is 41.5. The van der Waals surface area contributed by atoms with Gasteiger partial charge in [0.15, 0.2) is 11.5 Å². The average molecular weight is 1760 g/mol. The first-order chi connectivity index (χ1) is 59.6. The fourth-order valence-corrected chi connectivity index (χ4v) is 16.5. The van der Waals surface area contributed by atoms with E-state index in [0.717, 1.165) is 143 Å². The summed E-state index contributed by atoms with van der Waals surface area (Å²) in [5.41, 5.74) is 24.0. The molecule has 3 heterocycles. The molecule has 3 aliphatic carbocycles. The number of hydrogen-bond acceptors (Lipinski definition) is 13. The number of piperidine rings is 1. The van der Waals surface area contributed by atoms with Crippen molar-refractivity contribution in [2.24, 2.45) is 17.4 Å². The zero-order valence-corrected chi connectivity index (χ0v) is 71.5. The molecule has 0 bridgehead atoms. The van der Waals surface area contributed by atoms with Crippen LogP contribution in [0.4, 0.5) is 30.7 Å². The van der Waals surface area contributed by atoms with Crippen LogP contribution >= 0.6 is 46.4 Å². The van der Waals surface area contributed by atoms with E-state index in [4.69, 9.17) is 91.0 Å². The second kappa shape index (κ2) is 45.8. The van der Waals surface area contributed by atoms with E-state index in [1.54, 1.807) is 0 Å². The Morgan fingerprint density at radius 2 is 1.05 bits per heavy atom. The third-order valence-electron chi connectivity index (χ3n) is 22.3. The molecule has 0 amide bonds. The lowest BCUT2D eigenvalue weighted by molar-refractivity contribution is -0.138. The van der Waals surface area contributed by atoms with Crippen molar-refractivity contribution in [1.82, 2.24) is 21.3 Å². The van der Waals surface area contributed by atoms with E-state index < -0.39 is 23.5 Å². The van der Waals surface area contributed by atoms with Gasteiger partial charge in [-0.2, -0.15) is 26.3 Å². The second-order valence-corrected chi connectivity index (χ2v) is 32.2.